The number of halogens is 2. The summed E-state index contributed by atoms with van der Waals surface area (Å²) in [5.74, 6) is 1.68. The summed E-state index contributed by atoms with van der Waals surface area (Å²) in [6.07, 6.45) is 6.46. The molecule has 1 aromatic rings. The lowest BCUT2D eigenvalue weighted by Gasteiger charge is -2.35. The number of hydrogen-bond acceptors (Lipinski definition) is 3. The van der Waals surface area contributed by atoms with Crippen LogP contribution in [0.5, 0.6) is 0 Å². The van der Waals surface area contributed by atoms with Gasteiger partial charge in [0.15, 0.2) is 4.67 Å². The van der Waals surface area contributed by atoms with Gasteiger partial charge in [-0.25, -0.2) is 0 Å². The smallest absolute Gasteiger partial charge is 0.183 e. The van der Waals surface area contributed by atoms with Crippen molar-refractivity contribution >= 4 is 31.9 Å². The molecule has 1 atom stereocenters. The molecular formula is C16H26Br2N2O. The molecule has 0 saturated heterocycles. The van der Waals surface area contributed by atoms with Crippen LogP contribution >= 0.6 is 31.9 Å². The fourth-order valence-corrected chi connectivity index (χ4v) is 3.79. The van der Waals surface area contributed by atoms with Crippen molar-refractivity contribution < 1.29 is 4.42 Å². The van der Waals surface area contributed by atoms with E-state index in [1.807, 2.05) is 0 Å². The van der Waals surface area contributed by atoms with E-state index in [1.54, 1.807) is 0 Å². The van der Waals surface area contributed by atoms with Crippen molar-refractivity contribution in [1.29, 1.82) is 0 Å². The third kappa shape index (κ3) is 4.57. The highest BCUT2D eigenvalue weighted by Gasteiger charge is 2.31. The normalized spacial score (nSPS) is 18.0. The molecule has 5 heteroatoms. The van der Waals surface area contributed by atoms with E-state index < -0.39 is 0 Å². The Balaban J connectivity index is 2.18. The second-order valence-electron chi connectivity index (χ2n) is 6.38. The second-order valence-corrected chi connectivity index (χ2v) is 7.96. The average Bonchev–Trinajstić information content (AvgIpc) is 3.05. The van der Waals surface area contributed by atoms with Gasteiger partial charge in [-0.2, -0.15) is 0 Å². The Kier molecular flexibility index (Phi) is 6.79. The van der Waals surface area contributed by atoms with Crippen LogP contribution in [0, 0.1) is 5.92 Å². The first-order valence-corrected chi connectivity index (χ1v) is 9.52. The molecule has 2 N–H and O–H groups in total. The molecule has 1 saturated carbocycles. The van der Waals surface area contributed by atoms with Gasteiger partial charge < -0.3 is 10.2 Å². The van der Waals surface area contributed by atoms with Crippen LogP contribution in [0.15, 0.2) is 19.6 Å². The van der Waals surface area contributed by atoms with Gasteiger partial charge in [-0.05, 0) is 69.7 Å². The van der Waals surface area contributed by atoms with Gasteiger partial charge in [0.1, 0.15) is 5.76 Å². The van der Waals surface area contributed by atoms with E-state index >= 15 is 0 Å². The quantitative estimate of drug-likeness (QED) is 0.666. The highest BCUT2D eigenvalue weighted by molar-refractivity contribution is 9.13. The zero-order chi connectivity index (χ0) is 15.4. The van der Waals surface area contributed by atoms with Crippen molar-refractivity contribution in [2.75, 3.05) is 13.1 Å². The first kappa shape index (κ1) is 17.5. The predicted octanol–water partition coefficient (Wildman–Crippen LogP) is 5.10. The summed E-state index contributed by atoms with van der Waals surface area (Å²) in [5, 5.41) is 0. The summed E-state index contributed by atoms with van der Waals surface area (Å²) in [5.41, 5.74) is 6.11. The first-order chi connectivity index (χ1) is 10.0. The van der Waals surface area contributed by atoms with Crippen LogP contribution in [-0.2, 0) is 0 Å². The molecule has 1 unspecified atom stereocenters. The molecule has 0 aromatic carbocycles. The molecule has 21 heavy (non-hydrogen) atoms. The van der Waals surface area contributed by atoms with Gasteiger partial charge in [0.2, 0.25) is 0 Å². The van der Waals surface area contributed by atoms with Crippen LogP contribution in [0.1, 0.15) is 57.8 Å². The Morgan fingerprint density at radius 1 is 1.33 bits per heavy atom. The average molecular weight is 422 g/mol. The van der Waals surface area contributed by atoms with Gasteiger partial charge in [0.25, 0.3) is 0 Å². The van der Waals surface area contributed by atoms with Crippen molar-refractivity contribution in [3.8, 4) is 0 Å². The van der Waals surface area contributed by atoms with Crippen LogP contribution < -0.4 is 5.73 Å². The van der Waals surface area contributed by atoms with Crippen LogP contribution in [0.2, 0.25) is 0 Å². The Morgan fingerprint density at radius 2 is 2.00 bits per heavy atom. The molecule has 0 aliphatic heterocycles. The Labute approximate surface area is 144 Å². The molecule has 0 amide bonds. The predicted molar refractivity (Wildman–Crippen MR) is 94.3 cm³/mol. The zero-order valence-corrected chi connectivity index (χ0v) is 16.1. The van der Waals surface area contributed by atoms with E-state index in [1.165, 1.54) is 32.1 Å². The maximum absolute atomic E-state index is 6.11. The van der Waals surface area contributed by atoms with Crippen molar-refractivity contribution in [2.45, 2.75) is 58.0 Å². The van der Waals surface area contributed by atoms with E-state index in [4.69, 9.17) is 10.2 Å². The molecular weight excluding hydrogens is 396 g/mol. The van der Waals surface area contributed by atoms with E-state index in [9.17, 15) is 0 Å². The molecule has 1 aromatic heterocycles. The van der Waals surface area contributed by atoms with Crippen molar-refractivity contribution in [1.82, 2.24) is 4.90 Å². The summed E-state index contributed by atoms with van der Waals surface area (Å²) in [4.78, 5) is 2.59. The monoisotopic (exact) mass is 420 g/mol. The minimum absolute atomic E-state index is 0.175. The topological polar surface area (TPSA) is 42.4 Å². The Hall–Kier alpha value is 0.160. The number of rotatable bonds is 7. The maximum Gasteiger partial charge on any atom is 0.183 e. The molecule has 0 bridgehead atoms. The standard InChI is InChI=1S/C16H26Br2N2O/c1-11(2)7-8-20(12-5-3-4-6-12)14(10-19)15-9-13(17)16(18)21-15/h9,11-12,14H,3-8,10,19H2,1-2H3. The van der Waals surface area contributed by atoms with E-state index in [2.05, 4.69) is 56.7 Å². The van der Waals surface area contributed by atoms with Crippen molar-refractivity contribution in [3.05, 3.63) is 21.0 Å². The molecule has 1 fully saturated rings. The number of nitrogens with zero attached hydrogens (tertiary/aromatic N) is 1. The Morgan fingerprint density at radius 3 is 2.48 bits per heavy atom. The lowest BCUT2D eigenvalue weighted by atomic mass is 10.0. The minimum Gasteiger partial charge on any atom is -0.451 e. The molecule has 3 nitrogen and oxygen atoms in total. The lowest BCUT2D eigenvalue weighted by molar-refractivity contribution is 0.115. The van der Waals surface area contributed by atoms with Crippen molar-refractivity contribution in [3.63, 3.8) is 0 Å². The highest BCUT2D eigenvalue weighted by Crippen LogP contribution is 2.35. The highest BCUT2D eigenvalue weighted by atomic mass is 79.9. The summed E-state index contributed by atoms with van der Waals surface area (Å²) in [7, 11) is 0. The largest absolute Gasteiger partial charge is 0.451 e. The molecule has 0 spiro atoms. The van der Waals surface area contributed by atoms with Gasteiger partial charge in [-0.3, -0.25) is 4.90 Å². The van der Waals surface area contributed by atoms with E-state index in [0.29, 0.717) is 18.5 Å². The number of furan rings is 1. The SMILES string of the molecule is CC(C)CCN(C1CCCC1)C(CN)c1cc(Br)c(Br)o1. The summed E-state index contributed by atoms with van der Waals surface area (Å²) in [6.45, 7) is 6.26. The van der Waals surface area contributed by atoms with Gasteiger partial charge in [-0.15, -0.1) is 0 Å². The molecule has 1 aliphatic carbocycles. The van der Waals surface area contributed by atoms with Gasteiger partial charge in [0.05, 0.1) is 10.5 Å². The fourth-order valence-electron chi connectivity index (χ4n) is 3.18. The van der Waals surface area contributed by atoms with Crippen LogP contribution in [-0.4, -0.2) is 24.0 Å². The van der Waals surface area contributed by atoms with E-state index in [0.717, 1.165) is 21.4 Å². The molecule has 2 rings (SSSR count). The van der Waals surface area contributed by atoms with Gasteiger partial charge in [0, 0.05) is 12.6 Å². The van der Waals surface area contributed by atoms with Crippen LogP contribution in [0.25, 0.3) is 0 Å². The van der Waals surface area contributed by atoms with Gasteiger partial charge in [-0.1, -0.05) is 26.7 Å². The number of hydrogen-bond donors (Lipinski definition) is 1. The molecule has 1 heterocycles. The second kappa shape index (κ2) is 8.14. The van der Waals surface area contributed by atoms with Crippen LogP contribution in [0.4, 0.5) is 0 Å². The molecule has 1 aliphatic rings. The fraction of sp³-hybridized carbons (Fsp3) is 0.750. The van der Waals surface area contributed by atoms with Crippen molar-refractivity contribution in [2.24, 2.45) is 11.7 Å². The molecule has 120 valence electrons. The third-order valence-electron chi connectivity index (χ3n) is 4.37. The number of nitrogens with two attached hydrogens (primary N) is 1. The lowest BCUT2D eigenvalue weighted by Crippen LogP contribution is -2.41. The van der Waals surface area contributed by atoms with Gasteiger partial charge >= 0.3 is 0 Å². The summed E-state index contributed by atoms with van der Waals surface area (Å²) in [6, 6.07) is 2.88. The van der Waals surface area contributed by atoms with Crippen LogP contribution in [0.3, 0.4) is 0 Å². The minimum atomic E-state index is 0.175. The summed E-state index contributed by atoms with van der Waals surface area (Å²) >= 11 is 6.94. The maximum atomic E-state index is 6.11. The zero-order valence-electron chi connectivity index (χ0n) is 12.9. The Bertz CT molecular complexity index is 422. The third-order valence-corrected chi connectivity index (χ3v) is 6.08. The molecule has 0 radical (unpaired) electrons. The summed E-state index contributed by atoms with van der Waals surface area (Å²) < 4.78 is 7.58. The first-order valence-electron chi connectivity index (χ1n) is 7.93. The van der Waals surface area contributed by atoms with E-state index in [-0.39, 0.29) is 6.04 Å².